The fourth-order valence-electron chi connectivity index (χ4n) is 5.17. The van der Waals surface area contributed by atoms with E-state index in [1.165, 1.54) is 11.3 Å². The van der Waals surface area contributed by atoms with Crippen molar-refractivity contribution in [1.29, 1.82) is 0 Å². The molecule has 7 heteroatoms. The van der Waals surface area contributed by atoms with Crippen LogP contribution in [0.2, 0.25) is 0 Å². The molecule has 1 aromatic carbocycles. The number of aliphatic carboxylic acids is 1. The lowest BCUT2D eigenvalue weighted by Gasteiger charge is -2.30. The number of nitrogens with one attached hydrogen (secondary N) is 2. The molecule has 1 aromatic rings. The smallest absolute Gasteiger partial charge is 0.304 e. The molecule has 32 heavy (non-hydrogen) atoms. The molecular weight excluding hydrogens is 406 g/mol. The zero-order chi connectivity index (χ0) is 22.7. The van der Waals surface area contributed by atoms with Crippen molar-refractivity contribution < 1.29 is 24.1 Å². The molecule has 0 spiro atoms. The lowest BCUT2D eigenvalue weighted by Crippen LogP contribution is -2.52. The van der Waals surface area contributed by atoms with E-state index in [2.05, 4.69) is 33.6 Å². The second kappa shape index (κ2) is 9.43. The predicted octanol–water partition coefficient (Wildman–Crippen LogP) is 2.95. The van der Waals surface area contributed by atoms with Gasteiger partial charge in [0, 0.05) is 24.6 Å². The van der Waals surface area contributed by atoms with E-state index in [0.717, 1.165) is 45.1 Å². The average molecular weight is 441 g/mol. The number of hydrogen-bond donors (Lipinski definition) is 3. The molecule has 1 saturated carbocycles. The van der Waals surface area contributed by atoms with Crippen molar-refractivity contribution in [3.05, 3.63) is 29.8 Å². The molecule has 0 saturated heterocycles. The van der Waals surface area contributed by atoms with Gasteiger partial charge in [-0.3, -0.25) is 14.4 Å². The highest BCUT2D eigenvalue weighted by atomic mass is 16.4. The number of para-hydroxylation sites is 1. The summed E-state index contributed by atoms with van der Waals surface area (Å²) in [6.07, 6.45) is 8.31. The number of carboxylic acids is 1. The maximum Gasteiger partial charge on any atom is 0.304 e. The van der Waals surface area contributed by atoms with Crippen LogP contribution < -0.4 is 10.6 Å². The third-order valence-corrected chi connectivity index (χ3v) is 7.26. The SMILES string of the molecule is C[C@](CC(=O)O)(C(=O)N[C@H]1CC2C=[N+](CCCCCCNC1=O)c1ccccc12)C1CC1. The normalized spacial score (nSPS) is 25.7. The van der Waals surface area contributed by atoms with E-state index < -0.39 is 17.4 Å². The molecule has 4 rings (SSSR count). The van der Waals surface area contributed by atoms with Crippen LogP contribution in [0.15, 0.2) is 24.3 Å². The Kier molecular flexibility index (Phi) is 6.63. The maximum absolute atomic E-state index is 13.3. The summed E-state index contributed by atoms with van der Waals surface area (Å²) in [5.41, 5.74) is 1.36. The summed E-state index contributed by atoms with van der Waals surface area (Å²) in [6, 6.07) is 7.55. The highest BCUT2D eigenvalue weighted by Crippen LogP contribution is 2.48. The van der Waals surface area contributed by atoms with E-state index in [0.29, 0.717) is 13.0 Å². The molecule has 2 bridgehead atoms. The van der Waals surface area contributed by atoms with Crippen LogP contribution in [-0.2, 0) is 14.4 Å². The number of benzene rings is 1. The zero-order valence-electron chi connectivity index (χ0n) is 18.8. The van der Waals surface area contributed by atoms with Gasteiger partial charge in [0.15, 0.2) is 6.21 Å². The summed E-state index contributed by atoms with van der Waals surface area (Å²) in [4.78, 5) is 37.9. The molecular formula is C25H34N3O4+. The number of fused-ring (bicyclic) bond motifs is 4. The van der Waals surface area contributed by atoms with E-state index in [4.69, 9.17) is 0 Å². The Balaban J connectivity index is 1.58. The van der Waals surface area contributed by atoms with E-state index in [9.17, 15) is 19.5 Å². The number of carbonyl (C=O) groups excluding carboxylic acids is 2. The van der Waals surface area contributed by atoms with Crippen molar-refractivity contribution in [2.75, 3.05) is 13.1 Å². The summed E-state index contributed by atoms with van der Waals surface area (Å²) in [5, 5.41) is 15.4. The summed E-state index contributed by atoms with van der Waals surface area (Å²) in [5.74, 6) is -1.41. The highest BCUT2D eigenvalue weighted by Gasteiger charge is 2.49. The first-order chi connectivity index (χ1) is 15.4. The summed E-state index contributed by atoms with van der Waals surface area (Å²) in [6.45, 7) is 3.27. The standard InChI is InChI=1S/C25H33N3O4/c1-25(15-22(29)30,18-10-11-18)24(32)27-20-14-17-16-28(21-9-5-4-8-19(17)21)13-7-3-2-6-12-26-23(20)31/h4-5,8-9,16-18,20H,2-3,6-7,10-15H2,1H3,(H2-,26,27,29,30,31,32)/p+1/t17?,20-,25+/m0/s1. The second-order valence-corrected chi connectivity index (χ2v) is 9.74. The van der Waals surface area contributed by atoms with Crippen LogP contribution in [0.25, 0.3) is 0 Å². The number of nitrogens with zero attached hydrogens (tertiary/aromatic N) is 1. The van der Waals surface area contributed by atoms with Gasteiger partial charge in [-0.2, -0.15) is 0 Å². The second-order valence-electron chi connectivity index (χ2n) is 9.74. The molecule has 2 amide bonds. The predicted molar refractivity (Wildman–Crippen MR) is 121 cm³/mol. The van der Waals surface area contributed by atoms with E-state index in [-0.39, 0.29) is 30.1 Å². The minimum atomic E-state index is -0.989. The Morgan fingerprint density at radius 2 is 1.94 bits per heavy atom. The Bertz CT molecular complexity index is 924. The van der Waals surface area contributed by atoms with Gasteiger partial charge in [-0.15, -0.1) is 0 Å². The van der Waals surface area contributed by atoms with Gasteiger partial charge >= 0.3 is 5.97 Å². The first-order valence-corrected chi connectivity index (χ1v) is 11.9. The molecule has 3 aliphatic rings. The molecule has 1 aliphatic carbocycles. The molecule has 0 radical (unpaired) electrons. The first-order valence-electron chi connectivity index (χ1n) is 11.9. The fourth-order valence-corrected chi connectivity index (χ4v) is 5.17. The topological polar surface area (TPSA) is 98.5 Å². The van der Waals surface area contributed by atoms with E-state index >= 15 is 0 Å². The molecule has 3 atom stereocenters. The Morgan fingerprint density at radius 1 is 1.19 bits per heavy atom. The van der Waals surface area contributed by atoms with Gasteiger partial charge in [-0.25, -0.2) is 4.58 Å². The molecule has 3 N–H and O–H groups in total. The molecule has 7 nitrogen and oxygen atoms in total. The minimum Gasteiger partial charge on any atom is -0.481 e. The number of rotatable bonds is 5. The van der Waals surface area contributed by atoms with E-state index in [1.807, 2.05) is 12.1 Å². The highest BCUT2D eigenvalue weighted by molar-refractivity contribution is 5.92. The number of carboxylic acid groups (broad SMARTS) is 1. The molecule has 172 valence electrons. The van der Waals surface area contributed by atoms with Gasteiger partial charge in [0.2, 0.25) is 17.5 Å². The van der Waals surface area contributed by atoms with Crippen LogP contribution in [0.5, 0.6) is 0 Å². The van der Waals surface area contributed by atoms with Crippen molar-refractivity contribution in [3.63, 3.8) is 0 Å². The molecule has 1 fully saturated rings. The Labute approximate surface area is 189 Å². The van der Waals surface area contributed by atoms with Crippen LogP contribution in [-0.4, -0.2) is 52.8 Å². The maximum atomic E-state index is 13.3. The van der Waals surface area contributed by atoms with Crippen LogP contribution in [0, 0.1) is 11.3 Å². The molecule has 2 aliphatic heterocycles. The van der Waals surface area contributed by atoms with Crippen LogP contribution in [0.4, 0.5) is 5.69 Å². The first kappa shape index (κ1) is 22.5. The van der Waals surface area contributed by atoms with Gasteiger partial charge in [-0.05, 0) is 44.9 Å². The van der Waals surface area contributed by atoms with Gasteiger partial charge in [0.25, 0.3) is 0 Å². The van der Waals surface area contributed by atoms with Crippen molar-refractivity contribution in [2.45, 2.75) is 70.3 Å². The number of carbonyl (C=O) groups is 3. The van der Waals surface area contributed by atoms with Crippen molar-refractivity contribution in [1.82, 2.24) is 10.6 Å². The lowest BCUT2D eigenvalue weighted by molar-refractivity contribution is -0.433. The minimum absolute atomic E-state index is 0.0228. The number of hydrogen-bond acceptors (Lipinski definition) is 3. The van der Waals surface area contributed by atoms with Crippen molar-refractivity contribution >= 4 is 29.7 Å². The van der Waals surface area contributed by atoms with E-state index in [1.54, 1.807) is 6.92 Å². The fraction of sp³-hybridized carbons (Fsp3) is 0.600. The van der Waals surface area contributed by atoms with Crippen molar-refractivity contribution in [2.24, 2.45) is 11.3 Å². The van der Waals surface area contributed by atoms with Crippen LogP contribution >= 0.6 is 0 Å². The quantitative estimate of drug-likeness (QED) is 0.613. The lowest BCUT2D eigenvalue weighted by atomic mass is 9.80. The molecule has 2 heterocycles. The summed E-state index contributed by atoms with van der Waals surface area (Å²) < 4.78 is 2.29. The zero-order valence-corrected chi connectivity index (χ0v) is 18.8. The van der Waals surface area contributed by atoms with Gasteiger partial charge in [-0.1, -0.05) is 24.6 Å². The summed E-state index contributed by atoms with van der Waals surface area (Å²) in [7, 11) is 0. The Morgan fingerprint density at radius 3 is 2.69 bits per heavy atom. The van der Waals surface area contributed by atoms with Crippen LogP contribution in [0.1, 0.15) is 69.8 Å². The van der Waals surface area contributed by atoms with Gasteiger partial charge in [0.05, 0.1) is 17.8 Å². The third-order valence-electron chi connectivity index (χ3n) is 7.26. The molecule has 0 aromatic heterocycles. The average Bonchev–Trinajstić information content (AvgIpc) is 3.56. The largest absolute Gasteiger partial charge is 0.481 e. The summed E-state index contributed by atoms with van der Waals surface area (Å²) >= 11 is 0. The van der Waals surface area contributed by atoms with Gasteiger partial charge in [0.1, 0.15) is 12.6 Å². The van der Waals surface area contributed by atoms with Gasteiger partial charge < -0.3 is 15.7 Å². The Hall–Kier alpha value is -2.70. The molecule has 1 unspecified atom stereocenters. The third kappa shape index (κ3) is 4.87. The van der Waals surface area contributed by atoms with Crippen LogP contribution in [0.3, 0.4) is 0 Å². The number of amides is 2. The monoisotopic (exact) mass is 440 g/mol. The van der Waals surface area contributed by atoms with Crippen molar-refractivity contribution in [3.8, 4) is 0 Å².